The van der Waals surface area contributed by atoms with Crippen LogP contribution in [0.1, 0.15) is 5.56 Å². The second-order valence-electron chi connectivity index (χ2n) is 3.45. The summed E-state index contributed by atoms with van der Waals surface area (Å²) in [5, 5.41) is 9.49. The SMILES string of the molecule is COc1ccc2nccc(C=CC(=O)O)c2c1. The number of fused-ring (bicyclic) bond motifs is 1. The van der Waals surface area contributed by atoms with E-state index in [9.17, 15) is 4.79 Å². The van der Waals surface area contributed by atoms with E-state index in [4.69, 9.17) is 9.84 Å². The lowest BCUT2D eigenvalue weighted by molar-refractivity contribution is -0.131. The number of hydrogen-bond acceptors (Lipinski definition) is 3. The molecule has 0 unspecified atom stereocenters. The van der Waals surface area contributed by atoms with Crippen molar-refractivity contribution in [2.75, 3.05) is 7.11 Å². The summed E-state index contributed by atoms with van der Waals surface area (Å²) in [5.74, 6) is -0.256. The zero-order valence-corrected chi connectivity index (χ0v) is 9.25. The molecule has 86 valence electrons. The van der Waals surface area contributed by atoms with Crippen LogP contribution in [-0.2, 0) is 4.79 Å². The Morgan fingerprint density at radius 1 is 1.41 bits per heavy atom. The maximum absolute atomic E-state index is 10.5. The summed E-state index contributed by atoms with van der Waals surface area (Å²) in [4.78, 5) is 14.7. The largest absolute Gasteiger partial charge is 0.497 e. The molecule has 0 fully saturated rings. The predicted molar refractivity (Wildman–Crippen MR) is 65.0 cm³/mol. The first kappa shape index (κ1) is 11.1. The Morgan fingerprint density at radius 2 is 2.24 bits per heavy atom. The van der Waals surface area contributed by atoms with Gasteiger partial charge in [-0.1, -0.05) is 0 Å². The molecule has 0 atom stereocenters. The Kier molecular flexibility index (Phi) is 3.05. The van der Waals surface area contributed by atoms with Crippen molar-refractivity contribution in [1.82, 2.24) is 4.98 Å². The number of carboxylic acid groups (broad SMARTS) is 1. The van der Waals surface area contributed by atoms with E-state index in [1.807, 2.05) is 18.2 Å². The van der Waals surface area contributed by atoms with Crippen LogP contribution in [0.5, 0.6) is 5.75 Å². The van der Waals surface area contributed by atoms with Crippen molar-refractivity contribution >= 4 is 22.9 Å². The molecular formula is C13H11NO3. The highest BCUT2D eigenvalue weighted by molar-refractivity contribution is 5.93. The molecule has 4 nitrogen and oxygen atoms in total. The van der Waals surface area contributed by atoms with Crippen LogP contribution in [-0.4, -0.2) is 23.2 Å². The average molecular weight is 229 g/mol. The molecule has 1 heterocycles. The molecule has 1 aromatic heterocycles. The number of nitrogens with zero attached hydrogens (tertiary/aromatic N) is 1. The topological polar surface area (TPSA) is 59.4 Å². The summed E-state index contributed by atoms with van der Waals surface area (Å²) in [7, 11) is 1.59. The summed E-state index contributed by atoms with van der Waals surface area (Å²) in [6.07, 6.45) is 4.30. The smallest absolute Gasteiger partial charge is 0.328 e. The van der Waals surface area contributed by atoms with Gasteiger partial charge in [0.2, 0.25) is 0 Å². The molecule has 0 amide bonds. The van der Waals surface area contributed by atoms with E-state index < -0.39 is 5.97 Å². The van der Waals surface area contributed by atoms with Crippen molar-refractivity contribution in [3.8, 4) is 5.75 Å². The van der Waals surface area contributed by atoms with Crippen molar-refractivity contribution in [3.63, 3.8) is 0 Å². The van der Waals surface area contributed by atoms with Gasteiger partial charge in [0.05, 0.1) is 12.6 Å². The minimum absolute atomic E-state index is 0.718. The Morgan fingerprint density at radius 3 is 2.94 bits per heavy atom. The van der Waals surface area contributed by atoms with Gasteiger partial charge in [-0.3, -0.25) is 4.98 Å². The van der Waals surface area contributed by atoms with Crippen molar-refractivity contribution in [2.45, 2.75) is 0 Å². The summed E-state index contributed by atoms with van der Waals surface area (Å²) in [6.45, 7) is 0. The number of aliphatic carboxylic acids is 1. The van der Waals surface area contributed by atoms with Crippen LogP contribution in [0.2, 0.25) is 0 Å². The van der Waals surface area contributed by atoms with Gasteiger partial charge in [-0.2, -0.15) is 0 Å². The van der Waals surface area contributed by atoms with Gasteiger partial charge in [0.1, 0.15) is 5.75 Å². The number of carboxylic acids is 1. The number of rotatable bonds is 3. The molecule has 0 aliphatic rings. The van der Waals surface area contributed by atoms with Crippen molar-refractivity contribution in [2.24, 2.45) is 0 Å². The third-order valence-corrected chi connectivity index (χ3v) is 2.39. The molecule has 0 radical (unpaired) electrons. The number of pyridine rings is 1. The van der Waals surface area contributed by atoms with Crippen molar-refractivity contribution < 1.29 is 14.6 Å². The highest BCUT2D eigenvalue weighted by Crippen LogP contribution is 2.23. The van der Waals surface area contributed by atoms with E-state index in [1.54, 1.807) is 25.4 Å². The van der Waals surface area contributed by atoms with E-state index in [2.05, 4.69) is 4.98 Å². The summed E-state index contributed by atoms with van der Waals surface area (Å²) in [6, 6.07) is 7.26. The third kappa shape index (κ3) is 2.42. The zero-order chi connectivity index (χ0) is 12.3. The van der Waals surface area contributed by atoms with Gasteiger partial charge < -0.3 is 9.84 Å². The Labute approximate surface area is 98.2 Å². The van der Waals surface area contributed by atoms with Gasteiger partial charge >= 0.3 is 5.97 Å². The summed E-state index contributed by atoms with van der Waals surface area (Å²) < 4.78 is 5.13. The lowest BCUT2D eigenvalue weighted by Crippen LogP contribution is -1.88. The maximum atomic E-state index is 10.5. The molecule has 0 spiro atoms. The van der Waals surface area contributed by atoms with Crippen molar-refractivity contribution in [1.29, 1.82) is 0 Å². The van der Waals surface area contributed by atoms with Crippen LogP contribution < -0.4 is 4.74 Å². The molecule has 4 heteroatoms. The van der Waals surface area contributed by atoms with Gasteiger partial charge in [0.25, 0.3) is 0 Å². The first-order valence-electron chi connectivity index (χ1n) is 5.04. The number of hydrogen-bond donors (Lipinski definition) is 1. The number of benzene rings is 1. The third-order valence-electron chi connectivity index (χ3n) is 2.39. The first-order valence-corrected chi connectivity index (χ1v) is 5.04. The molecule has 0 aliphatic carbocycles. The van der Waals surface area contributed by atoms with E-state index in [0.29, 0.717) is 0 Å². The molecule has 0 aliphatic heterocycles. The van der Waals surface area contributed by atoms with Crippen LogP contribution in [0, 0.1) is 0 Å². The van der Waals surface area contributed by atoms with Gasteiger partial charge in [-0.25, -0.2) is 4.79 Å². The molecule has 0 bridgehead atoms. The van der Waals surface area contributed by atoms with E-state index >= 15 is 0 Å². The zero-order valence-electron chi connectivity index (χ0n) is 9.25. The maximum Gasteiger partial charge on any atom is 0.328 e. The number of aromatic nitrogens is 1. The summed E-state index contributed by atoms with van der Waals surface area (Å²) in [5.41, 5.74) is 1.61. The average Bonchev–Trinajstić information content (AvgIpc) is 2.35. The Balaban J connectivity index is 2.58. The van der Waals surface area contributed by atoms with Crippen LogP contribution in [0.25, 0.3) is 17.0 Å². The second-order valence-corrected chi connectivity index (χ2v) is 3.45. The Bertz CT molecular complexity index is 590. The number of methoxy groups -OCH3 is 1. The lowest BCUT2D eigenvalue weighted by Gasteiger charge is -2.04. The van der Waals surface area contributed by atoms with Gasteiger partial charge in [0.15, 0.2) is 0 Å². The highest BCUT2D eigenvalue weighted by Gasteiger charge is 2.01. The standard InChI is InChI=1S/C13H11NO3/c1-17-10-3-4-12-11(8-10)9(6-7-14-12)2-5-13(15)16/h2-8H,1H3,(H,15,16). The summed E-state index contributed by atoms with van der Waals surface area (Å²) >= 11 is 0. The normalized spacial score (nSPS) is 10.9. The fraction of sp³-hybridized carbons (Fsp3) is 0.0769. The fourth-order valence-corrected chi connectivity index (χ4v) is 1.58. The molecule has 0 saturated heterocycles. The van der Waals surface area contributed by atoms with Gasteiger partial charge in [-0.15, -0.1) is 0 Å². The minimum Gasteiger partial charge on any atom is -0.497 e. The number of ether oxygens (including phenoxy) is 1. The predicted octanol–water partition coefficient (Wildman–Crippen LogP) is 2.34. The van der Waals surface area contributed by atoms with E-state index in [1.165, 1.54) is 0 Å². The van der Waals surface area contributed by atoms with E-state index in [0.717, 1.165) is 28.3 Å². The molecule has 2 aromatic rings. The lowest BCUT2D eigenvalue weighted by atomic mass is 10.1. The van der Waals surface area contributed by atoms with Crippen molar-refractivity contribution in [3.05, 3.63) is 42.1 Å². The monoisotopic (exact) mass is 229 g/mol. The van der Waals surface area contributed by atoms with Gasteiger partial charge in [-0.05, 0) is 35.9 Å². The molecular weight excluding hydrogens is 218 g/mol. The second kappa shape index (κ2) is 4.65. The quantitative estimate of drug-likeness (QED) is 0.820. The van der Waals surface area contributed by atoms with E-state index in [-0.39, 0.29) is 0 Å². The van der Waals surface area contributed by atoms with Crippen LogP contribution in [0.15, 0.2) is 36.5 Å². The minimum atomic E-state index is -0.974. The fourth-order valence-electron chi connectivity index (χ4n) is 1.58. The molecule has 1 aromatic carbocycles. The van der Waals surface area contributed by atoms with Crippen LogP contribution >= 0.6 is 0 Å². The molecule has 0 saturated carbocycles. The first-order chi connectivity index (χ1) is 8.20. The number of carbonyl (C=O) groups is 1. The molecule has 17 heavy (non-hydrogen) atoms. The Hall–Kier alpha value is -2.36. The van der Waals surface area contributed by atoms with Crippen LogP contribution in [0.3, 0.4) is 0 Å². The highest BCUT2D eigenvalue weighted by atomic mass is 16.5. The van der Waals surface area contributed by atoms with Gasteiger partial charge in [0, 0.05) is 17.7 Å². The molecule has 1 N–H and O–H groups in total. The van der Waals surface area contributed by atoms with Crippen LogP contribution in [0.4, 0.5) is 0 Å². The molecule has 2 rings (SSSR count).